The SMILES string of the molecule is CC(C)c1cc(C(C)C)c(C(=C=Cc2ccccc2)c2ccccc2)c(C(C)C)c1. The minimum absolute atomic E-state index is 0.438. The van der Waals surface area contributed by atoms with Gasteiger partial charge in [-0.25, -0.2) is 0 Å². The second kappa shape index (κ2) is 9.79. The summed E-state index contributed by atoms with van der Waals surface area (Å²) >= 11 is 0. The highest BCUT2D eigenvalue weighted by atomic mass is 14.2. The molecule has 0 aliphatic carbocycles. The molecule has 154 valence electrons. The third-order valence-corrected chi connectivity index (χ3v) is 5.63. The standard InChI is InChI=1S/C30H34/c1-21(2)26-19-28(22(3)4)30(29(20-26)23(5)6)27(25-15-11-8-12-16-25)18-17-24-13-9-7-10-14-24/h7-17,19-23H,1-6H3. The van der Waals surface area contributed by atoms with Gasteiger partial charge in [0.25, 0.3) is 0 Å². The molecule has 3 aromatic carbocycles. The molecule has 0 aliphatic rings. The molecule has 30 heavy (non-hydrogen) atoms. The van der Waals surface area contributed by atoms with Crippen molar-refractivity contribution in [1.82, 2.24) is 0 Å². The van der Waals surface area contributed by atoms with E-state index in [9.17, 15) is 0 Å². The van der Waals surface area contributed by atoms with Gasteiger partial charge in [-0.3, -0.25) is 0 Å². The van der Waals surface area contributed by atoms with Crippen LogP contribution >= 0.6 is 0 Å². The molecule has 0 spiro atoms. The van der Waals surface area contributed by atoms with E-state index < -0.39 is 0 Å². The normalized spacial score (nSPS) is 11.1. The summed E-state index contributed by atoms with van der Waals surface area (Å²) < 4.78 is 0. The first-order valence-corrected chi connectivity index (χ1v) is 11.1. The van der Waals surface area contributed by atoms with Crippen LogP contribution in [0.25, 0.3) is 11.6 Å². The third-order valence-electron chi connectivity index (χ3n) is 5.63. The van der Waals surface area contributed by atoms with Gasteiger partial charge in [-0.1, -0.05) is 114 Å². The van der Waals surface area contributed by atoms with Crippen molar-refractivity contribution in [3.05, 3.63) is 112 Å². The Morgan fingerprint density at radius 1 is 0.667 bits per heavy atom. The van der Waals surface area contributed by atoms with E-state index in [0.29, 0.717) is 17.8 Å². The fraction of sp³-hybridized carbons (Fsp3) is 0.300. The highest BCUT2D eigenvalue weighted by molar-refractivity contribution is 5.85. The smallest absolute Gasteiger partial charge is 0.0315 e. The lowest BCUT2D eigenvalue weighted by molar-refractivity contribution is 0.799. The Bertz CT molecular complexity index is 999. The van der Waals surface area contributed by atoms with E-state index in [2.05, 4.69) is 126 Å². The van der Waals surface area contributed by atoms with Crippen LogP contribution in [0.2, 0.25) is 0 Å². The van der Waals surface area contributed by atoms with Crippen LogP contribution in [0.15, 0.2) is 78.5 Å². The van der Waals surface area contributed by atoms with Crippen LogP contribution in [0, 0.1) is 0 Å². The first kappa shape index (κ1) is 21.9. The minimum atomic E-state index is 0.438. The van der Waals surface area contributed by atoms with E-state index in [1.54, 1.807) is 0 Å². The monoisotopic (exact) mass is 394 g/mol. The van der Waals surface area contributed by atoms with E-state index in [4.69, 9.17) is 0 Å². The van der Waals surface area contributed by atoms with Crippen LogP contribution < -0.4 is 0 Å². The third kappa shape index (κ3) is 5.02. The summed E-state index contributed by atoms with van der Waals surface area (Å²) in [5.74, 6) is 1.39. The zero-order chi connectivity index (χ0) is 21.7. The molecule has 0 N–H and O–H groups in total. The van der Waals surface area contributed by atoms with Crippen LogP contribution in [0.1, 0.15) is 92.7 Å². The van der Waals surface area contributed by atoms with Crippen LogP contribution in [0.4, 0.5) is 0 Å². The van der Waals surface area contributed by atoms with Gasteiger partial charge in [0, 0.05) is 5.57 Å². The average Bonchev–Trinajstić information content (AvgIpc) is 2.74. The molecule has 0 radical (unpaired) electrons. The van der Waals surface area contributed by atoms with Gasteiger partial charge in [-0.15, -0.1) is 5.73 Å². The molecular formula is C30H34. The van der Waals surface area contributed by atoms with Crippen molar-refractivity contribution in [2.45, 2.75) is 59.3 Å². The van der Waals surface area contributed by atoms with Crippen LogP contribution in [0.5, 0.6) is 0 Å². The Morgan fingerprint density at radius 2 is 1.17 bits per heavy atom. The van der Waals surface area contributed by atoms with Gasteiger partial charge in [-0.05, 0) is 57.2 Å². The predicted molar refractivity (Wildman–Crippen MR) is 132 cm³/mol. The van der Waals surface area contributed by atoms with Gasteiger partial charge in [0.1, 0.15) is 0 Å². The van der Waals surface area contributed by atoms with Crippen molar-refractivity contribution in [3.8, 4) is 0 Å². The van der Waals surface area contributed by atoms with Gasteiger partial charge >= 0.3 is 0 Å². The molecule has 3 rings (SSSR count). The fourth-order valence-electron chi connectivity index (χ4n) is 3.85. The Balaban J connectivity index is 2.37. The molecule has 3 aromatic rings. The highest BCUT2D eigenvalue weighted by Crippen LogP contribution is 2.38. The van der Waals surface area contributed by atoms with Crippen LogP contribution in [0.3, 0.4) is 0 Å². The lowest BCUT2D eigenvalue weighted by atomic mass is 9.80. The van der Waals surface area contributed by atoms with Crippen molar-refractivity contribution in [1.29, 1.82) is 0 Å². The van der Waals surface area contributed by atoms with Crippen molar-refractivity contribution in [2.75, 3.05) is 0 Å². The van der Waals surface area contributed by atoms with E-state index >= 15 is 0 Å². The molecular weight excluding hydrogens is 360 g/mol. The predicted octanol–water partition coefficient (Wildman–Crippen LogP) is 8.80. The summed E-state index contributed by atoms with van der Waals surface area (Å²) in [4.78, 5) is 0. The Kier molecular flexibility index (Phi) is 7.14. The first-order valence-electron chi connectivity index (χ1n) is 11.1. The Labute approximate surface area is 183 Å². The van der Waals surface area contributed by atoms with E-state index in [-0.39, 0.29) is 0 Å². The van der Waals surface area contributed by atoms with Crippen molar-refractivity contribution >= 4 is 11.6 Å². The topological polar surface area (TPSA) is 0 Å². The zero-order valence-corrected chi connectivity index (χ0v) is 19.2. The lowest BCUT2D eigenvalue weighted by Crippen LogP contribution is -2.06. The van der Waals surface area contributed by atoms with Crippen LogP contribution in [-0.4, -0.2) is 0 Å². The Morgan fingerprint density at radius 3 is 1.63 bits per heavy atom. The minimum Gasteiger partial charge on any atom is -0.111 e. The maximum Gasteiger partial charge on any atom is 0.0315 e. The molecule has 0 aliphatic heterocycles. The van der Waals surface area contributed by atoms with Gasteiger partial charge < -0.3 is 0 Å². The van der Waals surface area contributed by atoms with Gasteiger partial charge in [-0.2, -0.15) is 0 Å². The summed E-state index contributed by atoms with van der Waals surface area (Å²) in [6, 6.07) is 26.0. The molecule has 0 saturated carbocycles. The summed E-state index contributed by atoms with van der Waals surface area (Å²) in [5, 5.41) is 0. The number of hydrogen-bond acceptors (Lipinski definition) is 0. The maximum atomic E-state index is 3.70. The quantitative estimate of drug-likeness (QED) is 0.366. The van der Waals surface area contributed by atoms with E-state index in [1.165, 1.54) is 39.0 Å². The molecule has 0 atom stereocenters. The van der Waals surface area contributed by atoms with Gasteiger partial charge in [0.05, 0.1) is 0 Å². The van der Waals surface area contributed by atoms with Gasteiger partial charge in [0.15, 0.2) is 0 Å². The summed E-state index contributed by atoms with van der Waals surface area (Å²) in [5.41, 5.74) is 12.9. The second-order valence-electron chi connectivity index (χ2n) is 8.98. The first-order chi connectivity index (χ1) is 14.4. The summed E-state index contributed by atoms with van der Waals surface area (Å²) in [6.45, 7) is 13.8. The van der Waals surface area contributed by atoms with Gasteiger partial charge in [0.2, 0.25) is 0 Å². The molecule has 0 aromatic heterocycles. The molecule has 0 unspecified atom stereocenters. The molecule has 0 amide bonds. The fourth-order valence-corrected chi connectivity index (χ4v) is 3.85. The average molecular weight is 395 g/mol. The number of rotatable bonds is 6. The highest BCUT2D eigenvalue weighted by Gasteiger charge is 2.20. The van der Waals surface area contributed by atoms with Crippen LogP contribution in [-0.2, 0) is 0 Å². The van der Waals surface area contributed by atoms with E-state index in [1.807, 2.05) is 0 Å². The molecule has 0 bridgehead atoms. The molecule has 0 saturated heterocycles. The summed E-state index contributed by atoms with van der Waals surface area (Å²) in [7, 11) is 0. The molecule has 0 heteroatoms. The molecule has 0 heterocycles. The summed E-state index contributed by atoms with van der Waals surface area (Å²) in [6.07, 6.45) is 2.12. The molecule has 0 nitrogen and oxygen atoms in total. The lowest BCUT2D eigenvalue weighted by Gasteiger charge is -2.24. The van der Waals surface area contributed by atoms with Crippen molar-refractivity contribution < 1.29 is 0 Å². The number of hydrogen-bond donors (Lipinski definition) is 0. The zero-order valence-electron chi connectivity index (χ0n) is 19.2. The largest absolute Gasteiger partial charge is 0.111 e. The second-order valence-corrected chi connectivity index (χ2v) is 8.98. The van der Waals surface area contributed by atoms with E-state index in [0.717, 1.165) is 0 Å². The maximum absolute atomic E-state index is 3.70. The molecule has 0 fully saturated rings. The number of benzene rings is 3. The Hall–Kier alpha value is -2.82. The van der Waals surface area contributed by atoms with Crippen molar-refractivity contribution in [3.63, 3.8) is 0 Å². The van der Waals surface area contributed by atoms with Crippen molar-refractivity contribution in [2.24, 2.45) is 0 Å².